The third-order valence-electron chi connectivity index (χ3n) is 3.37. The standard InChI is InChI=1S/C12H23NO/c1(3-11-5-6-11)8-13-12-4-2-9-14-10-7-12/h11-13H,1-10H2. The van der Waals surface area contributed by atoms with Crippen molar-refractivity contribution < 1.29 is 4.74 Å². The van der Waals surface area contributed by atoms with Crippen LogP contribution in [-0.2, 0) is 4.74 Å². The maximum atomic E-state index is 5.44. The van der Waals surface area contributed by atoms with Gasteiger partial charge in [0.2, 0.25) is 0 Å². The summed E-state index contributed by atoms with van der Waals surface area (Å²) < 4.78 is 5.44. The second kappa shape index (κ2) is 5.72. The predicted octanol–water partition coefficient (Wildman–Crippen LogP) is 2.34. The van der Waals surface area contributed by atoms with Crippen molar-refractivity contribution in [2.75, 3.05) is 19.8 Å². The first-order chi connectivity index (χ1) is 6.95. The highest BCUT2D eigenvalue weighted by Gasteiger charge is 2.20. The van der Waals surface area contributed by atoms with Gasteiger partial charge in [-0.25, -0.2) is 0 Å². The molecule has 0 amide bonds. The second-order valence-electron chi connectivity index (χ2n) is 4.78. The molecule has 1 saturated heterocycles. The zero-order chi connectivity index (χ0) is 9.64. The van der Waals surface area contributed by atoms with Gasteiger partial charge in [-0.15, -0.1) is 0 Å². The monoisotopic (exact) mass is 197 g/mol. The van der Waals surface area contributed by atoms with E-state index in [1.54, 1.807) is 0 Å². The molecule has 1 saturated carbocycles. The Morgan fingerprint density at radius 2 is 2.00 bits per heavy atom. The summed E-state index contributed by atoms with van der Waals surface area (Å²) in [5.41, 5.74) is 0. The SMILES string of the molecule is C(CNC1CCCOCC1)CC1CC1. The molecule has 1 N–H and O–H groups in total. The fourth-order valence-corrected chi connectivity index (χ4v) is 2.21. The average Bonchev–Trinajstić information content (AvgIpc) is 3.01. The average molecular weight is 197 g/mol. The summed E-state index contributed by atoms with van der Waals surface area (Å²) in [7, 11) is 0. The van der Waals surface area contributed by atoms with E-state index in [1.165, 1.54) is 51.5 Å². The summed E-state index contributed by atoms with van der Waals surface area (Å²) >= 11 is 0. The minimum Gasteiger partial charge on any atom is -0.381 e. The maximum Gasteiger partial charge on any atom is 0.0480 e. The van der Waals surface area contributed by atoms with Gasteiger partial charge in [-0.2, -0.15) is 0 Å². The Morgan fingerprint density at radius 1 is 1.07 bits per heavy atom. The smallest absolute Gasteiger partial charge is 0.0480 e. The highest BCUT2D eigenvalue weighted by atomic mass is 16.5. The molecule has 1 aliphatic heterocycles. The van der Waals surface area contributed by atoms with E-state index >= 15 is 0 Å². The van der Waals surface area contributed by atoms with Crippen molar-refractivity contribution in [1.82, 2.24) is 5.32 Å². The van der Waals surface area contributed by atoms with Crippen LogP contribution in [0.5, 0.6) is 0 Å². The molecule has 2 rings (SSSR count). The van der Waals surface area contributed by atoms with E-state index in [1.807, 2.05) is 0 Å². The van der Waals surface area contributed by atoms with Gasteiger partial charge in [0.25, 0.3) is 0 Å². The number of ether oxygens (including phenoxy) is 1. The predicted molar refractivity (Wildman–Crippen MR) is 58.4 cm³/mol. The lowest BCUT2D eigenvalue weighted by Gasteiger charge is -2.15. The summed E-state index contributed by atoms with van der Waals surface area (Å²) in [5, 5.41) is 3.66. The molecular weight excluding hydrogens is 174 g/mol. The Morgan fingerprint density at radius 3 is 2.86 bits per heavy atom. The van der Waals surface area contributed by atoms with Crippen LogP contribution in [0, 0.1) is 5.92 Å². The molecule has 14 heavy (non-hydrogen) atoms. The van der Waals surface area contributed by atoms with Gasteiger partial charge in [-0.05, 0) is 44.6 Å². The molecule has 0 radical (unpaired) electrons. The topological polar surface area (TPSA) is 21.3 Å². The molecule has 2 heteroatoms. The molecule has 0 aromatic carbocycles. The van der Waals surface area contributed by atoms with Crippen molar-refractivity contribution in [3.8, 4) is 0 Å². The summed E-state index contributed by atoms with van der Waals surface area (Å²) in [6, 6.07) is 0.733. The van der Waals surface area contributed by atoms with Crippen LogP contribution in [0.1, 0.15) is 44.9 Å². The van der Waals surface area contributed by atoms with Crippen LogP contribution in [0.2, 0.25) is 0 Å². The lowest BCUT2D eigenvalue weighted by Crippen LogP contribution is -2.30. The fourth-order valence-electron chi connectivity index (χ4n) is 2.21. The maximum absolute atomic E-state index is 5.44. The van der Waals surface area contributed by atoms with Crippen LogP contribution in [0.3, 0.4) is 0 Å². The minimum atomic E-state index is 0.733. The van der Waals surface area contributed by atoms with Gasteiger partial charge < -0.3 is 10.1 Å². The van der Waals surface area contributed by atoms with Gasteiger partial charge in [-0.1, -0.05) is 12.8 Å². The van der Waals surface area contributed by atoms with E-state index < -0.39 is 0 Å². The quantitative estimate of drug-likeness (QED) is 0.683. The van der Waals surface area contributed by atoms with Crippen molar-refractivity contribution in [1.29, 1.82) is 0 Å². The van der Waals surface area contributed by atoms with E-state index in [0.29, 0.717) is 0 Å². The molecule has 0 aromatic rings. The van der Waals surface area contributed by atoms with Crippen molar-refractivity contribution in [2.45, 2.75) is 51.0 Å². The first-order valence-electron chi connectivity index (χ1n) is 6.26. The van der Waals surface area contributed by atoms with Gasteiger partial charge in [0.15, 0.2) is 0 Å². The molecule has 1 aliphatic carbocycles. The van der Waals surface area contributed by atoms with Crippen LogP contribution >= 0.6 is 0 Å². The van der Waals surface area contributed by atoms with Crippen molar-refractivity contribution in [3.63, 3.8) is 0 Å². The summed E-state index contributed by atoms with van der Waals surface area (Å²) in [6.45, 7) is 3.15. The Hall–Kier alpha value is -0.0800. The summed E-state index contributed by atoms with van der Waals surface area (Å²) in [4.78, 5) is 0. The van der Waals surface area contributed by atoms with E-state index in [4.69, 9.17) is 4.74 Å². The molecule has 1 heterocycles. The molecule has 2 aliphatic rings. The summed E-state index contributed by atoms with van der Waals surface area (Å²) in [5.74, 6) is 1.09. The first kappa shape index (κ1) is 10.4. The van der Waals surface area contributed by atoms with E-state index in [9.17, 15) is 0 Å². The molecule has 0 aromatic heterocycles. The van der Waals surface area contributed by atoms with E-state index in [-0.39, 0.29) is 0 Å². The normalized spacial score (nSPS) is 28.7. The third-order valence-corrected chi connectivity index (χ3v) is 3.37. The number of nitrogens with one attached hydrogen (secondary N) is 1. The number of hydrogen-bond acceptors (Lipinski definition) is 2. The van der Waals surface area contributed by atoms with Gasteiger partial charge in [0, 0.05) is 19.3 Å². The number of rotatable bonds is 5. The molecule has 1 unspecified atom stereocenters. The number of hydrogen-bond donors (Lipinski definition) is 1. The second-order valence-corrected chi connectivity index (χ2v) is 4.78. The highest BCUT2D eigenvalue weighted by Crippen LogP contribution is 2.33. The lowest BCUT2D eigenvalue weighted by molar-refractivity contribution is 0.142. The van der Waals surface area contributed by atoms with Crippen molar-refractivity contribution >= 4 is 0 Å². The molecule has 2 fully saturated rings. The molecule has 2 nitrogen and oxygen atoms in total. The Balaban J connectivity index is 1.49. The van der Waals surface area contributed by atoms with Crippen LogP contribution in [0.4, 0.5) is 0 Å². The minimum absolute atomic E-state index is 0.733. The van der Waals surface area contributed by atoms with Crippen molar-refractivity contribution in [2.24, 2.45) is 5.92 Å². The molecular formula is C12H23NO. The molecule has 82 valence electrons. The van der Waals surface area contributed by atoms with Crippen LogP contribution in [0.25, 0.3) is 0 Å². The fraction of sp³-hybridized carbons (Fsp3) is 1.00. The van der Waals surface area contributed by atoms with Crippen LogP contribution in [-0.4, -0.2) is 25.8 Å². The zero-order valence-corrected chi connectivity index (χ0v) is 9.13. The van der Waals surface area contributed by atoms with E-state index in [0.717, 1.165) is 25.2 Å². The van der Waals surface area contributed by atoms with Gasteiger partial charge in [0.05, 0.1) is 0 Å². The molecule has 0 bridgehead atoms. The van der Waals surface area contributed by atoms with Crippen molar-refractivity contribution in [3.05, 3.63) is 0 Å². The summed E-state index contributed by atoms with van der Waals surface area (Å²) in [6.07, 6.45) is 9.58. The third kappa shape index (κ3) is 3.97. The largest absolute Gasteiger partial charge is 0.381 e. The lowest BCUT2D eigenvalue weighted by atomic mass is 10.1. The Kier molecular flexibility index (Phi) is 4.26. The highest BCUT2D eigenvalue weighted by molar-refractivity contribution is 4.74. The van der Waals surface area contributed by atoms with Crippen LogP contribution < -0.4 is 5.32 Å². The van der Waals surface area contributed by atoms with Crippen LogP contribution in [0.15, 0.2) is 0 Å². The van der Waals surface area contributed by atoms with E-state index in [2.05, 4.69) is 5.32 Å². The van der Waals surface area contributed by atoms with Gasteiger partial charge in [0.1, 0.15) is 0 Å². The Bertz CT molecular complexity index is 148. The Labute approximate surface area is 87.4 Å². The molecule has 1 atom stereocenters. The van der Waals surface area contributed by atoms with Gasteiger partial charge >= 0.3 is 0 Å². The van der Waals surface area contributed by atoms with Gasteiger partial charge in [-0.3, -0.25) is 0 Å². The first-order valence-corrected chi connectivity index (χ1v) is 6.26. The molecule has 0 spiro atoms. The zero-order valence-electron chi connectivity index (χ0n) is 9.13.